The van der Waals surface area contributed by atoms with Crippen molar-refractivity contribution >= 4 is 33.2 Å². The summed E-state index contributed by atoms with van der Waals surface area (Å²) in [7, 11) is -3.97. The molecule has 0 aliphatic heterocycles. The van der Waals surface area contributed by atoms with Gasteiger partial charge in [0.25, 0.3) is 5.91 Å². The first-order valence-corrected chi connectivity index (χ1v) is 8.25. The highest BCUT2D eigenvalue weighted by Crippen LogP contribution is 2.25. The molecule has 1 aromatic carbocycles. The fourth-order valence-electron chi connectivity index (χ4n) is 1.71. The third-order valence-electron chi connectivity index (χ3n) is 2.71. The number of pyridine rings is 1. The average molecular weight is 396 g/mol. The van der Waals surface area contributed by atoms with Crippen LogP contribution in [-0.2, 0) is 10.0 Å². The highest BCUT2D eigenvalue weighted by molar-refractivity contribution is 7.89. The SMILES string of the molecule is NS(=O)(=O)c1cccc(NC(=O)c2ccc(OC(F)(F)F)nc2Cl)c1. The van der Waals surface area contributed by atoms with E-state index in [1.54, 1.807) is 0 Å². The number of aromatic nitrogens is 1. The van der Waals surface area contributed by atoms with E-state index in [0.29, 0.717) is 0 Å². The van der Waals surface area contributed by atoms with Gasteiger partial charge in [-0.15, -0.1) is 13.2 Å². The number of nitrogens with two attached hydrogens (primary N) is 1. The second-order valence-electron chi connectivity index (χ2n) is 4.56. The number of amides is 1. The molecule has 7 nitrogen and oxygen atoms in total. The minimum atomic E-state index is -4.95. The minimum absolute atomic E-state index is 0.0863. The fraction of sp³-hybridized carbons (Fsp3) is 0.0769. The summed E-state index contributed by atoms with van der Waals surface area (Å²) in [4.78, 5) is 15.2. The molecular formula is C13H9ClF3N3O4S. The van der Waals surface area contributed by atoms with Gasteiger partial charge in [-0.1, -0.05) is 17.7 Å². The molecule has 0 bridgehead atoms. The molecule has 1 amide bonds. The number of carbonyl (C=O) groups is 1. The van der Waals surface area contributed by atoms with E-state index in [1.807, 2.05) is 0 Å². The van der Waals surface area contributed by atoms with E-state index < -0.39 is 33.3 Å². The van der Waals surface area contributed by atoms with E-state index in [0.717, 1.165) is 18.2 Å². The van der Waals surface area contributed by atoms with Gasteiger partial charge in [0.1, 0.15) is 5.15 Å². The zero-order chi connectivity index (χ0) is 18.8. The highest BCUT2D eigenvalue weighted by atomic mass is 35.5. The second-order valence-corrected chi connectivity index (χ2v) is 6.48. The molecule has 1 aromatic heterocycles. The molecule has 0 spiro atoms. The van der Waals surface area contributed by atoms with Crippen molar-refractivity contribution in [1.82, 2.24) is 4.98 Å². The molecule has 0 saturated carbocycles. The predicted molar refractivity (Wildman–Crippen MR) is 81.7 cm³/mol. The second kappa shape index (κ2) is 6.86. The number of ether oxygens (including phenoxy) is 1. The van der Waals surface area contributed by atoms with Crippen LogP contribution >= 0.6 is 11.6 Å². The van der Waals surface area contributed by atoms with Crippen molar-refractivity contribution in [3.63, 3.8) is 0 Å². The molecule has 2 aromatic rings. The normalized spacial score (nSPS) is 11.9. The number of rotatable bonds is 4. The Balaban J connectivity index is 2.22. The zero-order valence-corrected chi connectivity index (χ0v) is 13.6. The number of anilines is 1. The van der Waals surface area contributed by atoms with Crippen LogP contribution in [0.5, 0.6) is 5.88 Å². The molecule has 2 rings (SSSR count). The Kier molecular flexibility index (Phi) is 5.20. The Morgan fingerprint density at radius 3 is 2.48 bits per heavy atom. The number of nitrogens with zero attached hydrogens (tertiary/aromatic N) is 1. The summed E-state index contributed by atoms with van der Waals surface area (Å²) in [6.45, 7) is 0. The van der Waals surface area contributed by atoms with E-state index >= 15 is 0 Å². The largest absolute Gasteiger partial charge is 0.574 e. The number of benzene rings is 1. The first kappa shape index (κ1) is 19.0. The molecule has 3 N–H and O–H groups in total. The molecule has 0 fully saturated rings. The van der Waals surface area contributed by atoms with Crippen molar-refractivity contribution in [2.45, 2.75) is 11.3 Å². The minimum Gasteiger partial charge on any atom is -0.388 e. The Bertz CT molecular complexity index is 919. The van der Waals surface area contributed by atoms with Crippen molar-refractivity contribution in [3.05, 3.63) is 47.1 Å². The van der Waals surface area contributed by atoms with Crippen LogP contribution in [0.3, 0.4) is 0 Å². The summed E-state index contributed by atoms with van der Waals surface area (Å²) in [5.41, 5.74) is -0.152. The number of carbonyl (C=O) groups excluding carboxylic acids is 1. The zero-order valence-electron chi connectivity index (χ0n) is 12.0. The van der Waals surface area contributed by atoms with Gasteiger partial charge in [-0.25, -0.2) is 18.5 Å². The van der Waals surface area contributed by atoms with Gasteiger partial charge in [-0.2, -0.15) is 0 Å². The number of hydrogen-bond donors (Lipinski definition) is 2. The maximum Gasteiger partial charge on any atom is 0.574 e. The number of nitrogens with one attached hydrogen (secondary N) is 1. The Hall–Kier alpha value is -2.37. The summed E-state index contributed by atoms with van der Waals surface area (Å²) < 4.78 is 62.5. The van der Waals surface area contributed by atoms with Crippen molar-refractivity contribution in [3.8, 4) is 5.88 Å². The van der Waals surface area contributed by atoms with Gasteiger partial charge >= 0.3 is 6.36 Å². The van der Waals surface area contributed by atoms with Crippen LogP contribution in [0.4, 0.5) is 18.9 Å². The Morgan fingerprint density at radius 1 is 1.24 bits per heavy atom. The molecule has 25 heavy (non-hydrogen) atoms. The van der Waals surface area contributed by atoms with Crippen LogP contribution in [0.15, 0.2) is 41.3 Å². The summed E-state index contributed by atoms with van der Waals surface area (Å²) in [5, 5.41) is 6.79. The lowest BCUT2D eigenvalue weighted by Gasteiger charge is -2.10. The van der Waals surface area contributed by atoms with Crippen molar-refractivity contribution < 1.29 is 31.1 Å². The van der Waals surface area contributed by atoms with Gasteiger partial charge in [-0.3, -0.25) is 4.79 Å². The van der Waals surface area contributed by atoms with E-state index in [2.05, 4.69) is 15.0 Å². The molecule has 0 aliphatic rings. The average Bonchev–Trinajstić information content (AvgIpc) is 2.44. The quantitative estimate of drug-likeness (QED) is 0.773. The van der Waals surface area contributed by atoms with Crippen LogP contribution in [0.2, 0.25) is 5.15 Å². The van der Waals surface area contributed by atoms with Gasteiger partial charge in [0.05, 0.1) is 10.5 Å². The predicted octanol–water partition coefficient (Wildman–Crippen LogP) is 2.53. The highest BCUT2D eigenvalue weighted by Gasteiger charge is 2.32. The Labute approximate surface area is 144 Å². The van der Waals surface area contributed by atoms with Crippen LogP contribution in [0.25, 0.3) is 0 Å². The molecule has 0 saturated heterocycles. The molecule has 0 atom stereocenters. The molecule has 0 aliphatic carbocycles. The lowest BCUT2D eigenvalue weighted by molar-refractivity contribution is -0.276. The first-order chi connectivity index (χ1) is 11.5. The fourth-order valence-corrected chi connectivity index (χ4v) is 2.50. The van der Waals surface area contributed by atoms with E-state index in [-0.39, 0.29) is 16.1 Å². The Morgan fingerprint density at radius 2 is 1.92 bits per heavy atom. The van der Waals surface area contributed by atoms with Gasteiger partial charge in [-0.05, 0) is 24.3 Å². The van der Waals surface area contributed by atoms with Gasteiger partial charge < -0.3 is 10.1 Å². The van der Waals surface area contributed by atoms with Gasteiger partial charge in [0.15, 0.2) is 0 Å². The van der Waals surface area contributed by atoms with Gasteiger partial charge in [0.2, 0.25) is 15.9 Å². The summed E-state index contributed by atoms with van der Waals surface area (Å²) in [6.07, 6.45) is -4.95. The van der Waals surface area contributed by atoms with Crippen LogP contribution in [0.1, 0.15) is 10.4 Å². The third-order valence-corrected chi connectivity index (χ3v) is 3.91. The number of alkyl halides is 3. The number of primary sulfonamides is 1. The van der Waals surface area contributed by atoms with Crippen molar-refractivity contribution in [1.29, 1.82) is 0 Å². The molecule has 12 heteroatoms. The summed E-state index contributed by atoms with van der Waals surface area (Å²) in [6, 6.07) is 6.85. The number of halogens is 4. The lowest BCUT2D eigenvalue weighted by atomic mass is 10.2. The topological polar surface area (TPSA) is 111 Å². The van der Waals surface area contributed by atoms with E-state index in [1.165, 1.54) is 18.2 Å². The van der Waals surface area contributed by atoms with E-state index in [4.69, 9.17) is 16.7 Å². The first-order valence-electron chi connectivity index (χ1n) is 6.32. The number of sulfonamides is 1. The van der Waals surface area contributed by atoms with Crippen molar-refractivity contribution in [2.24, 2.45) is 5.14 Å². The van der Waals surface area contributed by atoms with Gasteiger partial charge in [0, 0.05) is 11.8 Å². The third kappa shape index (κ3) is 5.31. The molecule has 134 valence electrons. The maximum atomic E-state index is 12.1. The summed E-state index contributed by atoms with van der Waals surface area (Å²) in [5.74, 6) is -1.65. The lowest BCUT2D eigenvalue weighted by Crippen LogP contribution is -2.19. The van der Waals surface area contributed by atoms with Crippen molar-refractivity contribution in [2.75, 3.05) is 5.32 Å². The molecular weight excluding hydrogens is 387 g/mol. The molecule has 0 radical (unpaired) electrons. The molecule has 0 unspecified atom stereocenters. The van der Waals surface area contributed by atoms with Crippen LogP contribution in [0, 0.1) is 0 Å². The smallest absolute Gasteiger partial charge is 0.388 e. The monoisotopic (exact) mass is 395 g/mol. The maximum absolute atomic E-state index is 12.1. The summed E-state index contributed by atoms with van der Waals surface area (Å²) >= 11 is 5.69. The van der Waals surface area contributed by atoms with Crippen LogP contribution in [-0.4, -0.2) is 25.7 Å². The standard InChI is InChI=1S/C13H9ClF3N3O4S/c14-11-9(4-5-10(20-11)24-13(15,16)17)12(21)19-7-2-1-3-8(6-7)25(18,22)23/h1-6H,(H,19,21)(H2,18,22,23). The number of hydrogen-bond acceptors (Lipinski definition) is 5. The van der Waals surface area contributed by atoms with E-state index in [9.17, 15) is 26.4 Å². The molecule has 1 heterocycles. The van der Waals surface area contributed by atoms with Crippen LogP contribution < -0.4 is 15.2 Å².